The summed E-state index contributed by atoms with van der Waals surface area (Å²) in [6.07, 6.45) is 3.46. The van der Waals surface area contributed by atoms with Crippen LogP contribution in [0.3, 0.4) is 0 Å². The van der Waals surface area contributed by atoms with Crippen molar-refractivity contribution in [1.29, 1.82) is 0 Å². The number of rotatable bonds is 4. The summed E-state index contributed by atoms with van der Waals surface area (Å²) in [6.45, 7) is 1.95. The fourth-order valence-corrected chi connectivity index (χ4v) is 1.97. The van der Waals surface area contributed by atoms with E-state index in [0.717, 1.165) is 22.5 Å². The minimum absolute atomic E-state index is 0.667. The van der Waals surface area contributed by atoms with Crippen molar-refractivity contribution in [2.45, 2.75) is 17.8 Å². The molecule has 0 atom stereocenters. The van der Waals surface area contributed by atoms with Gasteiger partial charge in [0.15, 0.2) is 5.16 Å². The molecule has 0 aliphatic carbocycles. The van der Waals surface area contributed by atoms with Crippen LogP contribution in [0.1, 0.15) is 11.5 Å². The monoisotopic (exact) mass is 247 g/mol. The fraction of sp³-hybridized carbons (Fsp3) is 0.273. The molecular weight excluding hydrogens is 234 g/mol. The van der Waals surface area contributed by atoms with Crippen LogP contribution in [0.25, 0.3) is 0 Å². The largest absolute Gasteiger partial charge is 0.373 e. The van der Waals surface area contributed by atoms with Crippen LogP contribution < -0.4 is 5.32 Å². The molecule has 2 rings (SSSR count). The van der Waals surface area contributed by atoms with Gasteiger partial charge in [-0.1, -0.05) is 11.8 Å². The molecular formula is C11H13N5S. The van der Waals surface area contributed by atoms with Crippen LogP contribution in [0.15, 0.2) is 29.7 Å². The standard InChI is InChI=1S/C11H13N5S/c1-8-6-9(12-2)16-10(15-8)7-17-11-13-4-3-5-14-11/h3-6H,7H2,1-2H3,(H,12,15,16). The highest BCUT2D eigenvalue weighted by atomic mass is 32.2. The smallest absolute Gasteiger partial charge is 0.187 e. The maximum absolute atomic E-state index is 4.37. The summed E-state index contributed by atoms with van der Waals surface area (Å²) >= 11 is 1.53. The van der Waals surface area contributed by atoms with Gasteiger partial charge in [-0.3, -0.25) is 0 Å². The average molecular weight is 247 g/mol. The third-order valence-corrected chi connectivity index (χ3v) is 2.90. The number of aromatic nitrogens is 4. The van der Waals surface area contributed by atoms with Gasteiger partial charge in [0, 0.05) is 31.2 Å². The van der Waals surface area contributed by atoms with Gasteiger partial charge in [-0.05, 0) is 13.0 Å². The third kappa shape index (κ3) is 3.39. The number of hydrogen-bond acceptors (Lipinski definition) is 6. The molecule has 0 aliphatic rings. The predicted octanol–water partition coefficient (Wildman–Crippen LogP) is 1.91. The van der Waals surface area contributed by atoms with Gasteiger partial charge in [0.25, 0.3) is 0 Å². The molecule has 2 aromatic heterocycles. The molecule has 0 unspecified atom stereocenters. The Kier molecular flexibility index (Phi) is 3.87. The van der Waals surface area contributed by atoms with Crippen molar-refractivity contribution in [3.05, 3.63) is 36.0 Å². The van der Waals surface area contributed by atoms with E-state index in [2.05, 4.69) is 25.3 Å². The van der Waals surface area contributed by atoms with E-state index in [0.29, 0.717) is 5.75 Å². The van der Waals surface area contributed by atoms with Crippen LogP contribution >= 0.6 is 11.8 Å². The summed E-state index contributed by atoms with van der Waals surface area (Å²) in [6, 6.07) is 3.71. The Bertz CT molecular complexity index is 488. The van der Waals surface area contributed by atoms with Gasteiger partial charge in [-0.25, -0.2) is 19.9 Å². The van der Waals surface area contributed by atoms with Gasteiger partial charge in [0.05, 0.1) is 5.75 Å². The molecule has 0 spiro atoms. The first-order valence-electron chi connectivity index (χ1n) is 5.20. The van der Waals surface area contributed by atoms with E-state index >= 15 is 0 Å². The quantitative estimate of drug-likeness (QED) is 0.657. The van der Waals surface area contributed by atoms with E-state index in [-0.39, 0.29) is 0 Å². The zero-order chi connectivity index (χ0) is 12.1. The Morgan fingerprint density at radius 1 is 1.24 bits per heavy atom. The number of anilines is 1. The normalized spacial score (nSPS) is 10.2. The Labute approximate surface area is 104 Å². The molecule has 0 saturated heterocycles. The number of aryl methyl sites for hydroxylation is 1. The molecule has 6 heteroatoms. The zero-order valence-corrected chi connectivity index (χ0v) is 10.5. The number of nitrogens with zero attached hydrogens (tertiary/aromatic N) is 4. The summed E-state index contributed by atoms with van der Waals surface area (Å²) in [5, 5.41) is 3.75. The fourth-order valence-electron chi connectivity index (χ4n) is 1.31. The van der Waals surface area contributed by atoms with Crippen molar-refractivity contribution in [2.75, 3.05) is 12.4 Å². The molecule has 0 fully saturated rings. The molecule has 0 radical (unpaired) electrons. The minimum Gasteiger partial charge on any atom is -0.373 e. The van der Waals surface area contributed by atoms with Crippen LogP contribution in [-0.2, 0) is 5.75 Å². The van der Waals surface area contributed by atoms with Gasteiger partial charge in [0.1, 0.15) is 11.6 Å². The molecule has 5 nitrogen and oxygen atoms in total. The van der Waals surface area contributed by atoms with E-state index in [1.165, 1.54) is 11.8 Å². The van der Waals surface area contributed by atoms with E-state index < -0.39 is 0 Å². The van der Waals surface area contributed by atoms with E-state index in [1.807, 2.05) is 20.0 Å². The molecule has 0 saturated carbocycles. The van der Waals surface area contributed by atoms with Crippen molar-refractivity contribution in [1.82, 2.24) is 19.9 Å². The lowest BCUT2D eigenvalue weighted by Crippen LogP contribution is -2.00. The van der Waals surface area contributed by atoms with Crippen molar-refractivity contribution in [2.24, 2.45) is 0 Å². The number of thioether (sulfide) groups is 1. The highest BCUT2D eigenvalue weighted by Gasteiger charge is 2.03. The Balaban J connectivity index is 2.06. The SMILES string of the molecule is CNc1cc(C)nc(CSc2ncccn2)n1. The van der Waals surface area contributed by atoms with Crippen molar-refractivity contribution in [3.8, 4) is 0 Å². The summed E-state index contributed by atoms with van der Waals surface area (Å²) in [5.41, 5.74) is 0.953. The highest BCUT2D eigenvalue weighted by molar-refractivity contribution is 7.98. The van der Waals surface area contributed by atoms with E-state index in [1.54, 1.807) is 18.5 Å². The summed E-state index contributed by atoms with van der Waals surface area (Å²) in [5.74, 6) is 2.29. The van der Waals surface area contributed by atoms with Crippen LogP contribution in [0.4, 0.5) is 5.82 Å². The molecule has 0 aliphatic heterocycles. The molecule has 0 amide bonds. The minimum atomic E-state index is 0.667. The van der Waals surface area contributed by atoms with Gasteiger partial charge >= 0.3 is 0 Å². The zero-order valence-electron chi connectivity index (χ0n) is 9.71. The van der Waals surface area contributed by atoms with Crippen LogP contribution in [0.5, 0.6) is 0 Å². The van der Waals surface area contributed by atoms with E-state index in [9.17, 15) is 0 Å². The topological polar surface area (TPSA) is 63.6 Å². The van der Waals surface area contributed by atoms with Gasteiger partial charge in [-0.15, -0.1) is 0 Å². The Hall–Kier alpha value is -1.69. The molecule has 2 aromatic rings. The second kappa shape index (κ2) is 5.58. The first-order valence-corrected chi connectivity index (χ1v) is 6.18. The maximum atomic E-state index is 4.37. The molecule has 0 aromatic carbocycles. The number of hydrogen-bond donors (Lipinski definition) is 1. The third-order valence-electron chi connectivity index (χ3n) is 2.03. The van der Waals surface area contributed by atoms with Crippen LogP contribution in [0, 0.1) is 6.92 Å². The van der Waals surface area contributed by atoms with Crippen LogP contribution in [0.2, 0.25) is 0 Å². The lowest BCUT2D eigenvalue weighted by Gasteiger charge is -2.04. The molecule has 88 valence electrons. The Morgan fingerprint density at radius 3 is 2.71 bits per heavy atom. The van der Waals surface area contributed by atoms with Crippen molar-refractivity contribution >= 4 is 17.6 Å². The summed E-state index contributed by atoms with van der Waals surface area (Å²) < 4.78 is 0. The van der Waals surface area contributed by atoms with Crippen molar-refractivity contribution < 1.29 is 0 Å². The number of nitrogens with one attached hydrogen (secondary N) is 1. The van der Waals surface area contributed by atoms with Crippen LogP contribution in [-0.4, -0.2) is 27.0 Å². The highest BCUT2D eigenvalue weighted by Crippen LogP contribution is 2.17. The lowest BCUT2D eigenvalue weighted by atomic mass is 10.4. The molecule has 2 heterocycles. The van der Waals surface area contributed by atoms with Gasteiger partial charge < -0.3 is 5.32 Å². The van der Waals surface area contributed by atoms with Crippen molar-refractivity contribution in [3.63, 3.8) is 0 Å². The molecule has 1 N–H and O–H groups in total. The maximum Gasteiger partial charge on any atom is 0.187 e. The lowest BCUT2D eigenvalue weighted by molar-refractivity contribution is 0.953. The second-order valence-electron chi connectivity index (χ2n) is 3.38. The second-order valence-corrected chi connectivity index (χ2v) is 4.32. The molecule has 17 heavy (non-hydrogen) atoms. The Morgan fingerprint density at radius 2 is 2.00 bits per heavy atom. The van der Waals surface area contributed by atoms with E-state index in [4.69, 9.17) is 0 Å². The summed E-state index contributed by atoms with van der Waals surface area (Å²) in [7, 11) is 1.85. The van der Waals surface area contributed by atoms with Gasteiger partial charge in [0.2, 0.25) is 0 Å². The first kappa shape index (κ1) is 11.8. The van der Waals surface area contributed by atoms with Gasteiger partial charge in [-0.2, -0.15) is 0 Å². The average Bonchev–Trinajstić information content (AvgIpc) is 2.37. The first-order chi connectivity index (χ1) is 8.28. The summed E-state index contributed by atoms with van der Waals surface area (Å²) in [4.78, 5) is 17.0. The molecule has 0 bridgehead atoms. The predicted molar refractivity (Wildman–Crippen MR) is 67.9 cm³/mol.